The van der Waals surface area contributed by atoms with E-state index in [1.165, 1.54) is 5.56 Å². The Balaban J connectivity index is 1.69. The van der Waals surface area contributed by atoms with E-state index in [-0.39, 0.29) is 11.9 Å². The average molecular weight is 314 g/mol. The Morgan fingerprint density at radius 1 is 1.48 bits per heavy atom. The largest absolute Gasteiger partial charge is 0.361 e. The fraction of sp³-hybridized carbons (Fsp3) is 0.471. The minimum atomic E-state index is -0.110. The molecule has 0 bridgehead atoms. The number of nitrogens with zero attached hydrogens (tertiary/aromatic N) is 3. The molecule has 0 aliphatic carbocycles. The van der Waals surface area contributed by atoms with Gasteiger partial charge in [-0.1, -0.05) is 11.2 Å². The quantitative estimate of drug-likeness (QED) is 0.936. The fourth-order valence-corrected chi connectivity index (χ4v) is 3.44. The number of aryl methyl sites for hydroxylation is 2. The molecule has 2 aromatic heterocycles. The Hall–Kier alpha value is -2.21. The highest BCUT2D eigenvalue weighted by Crippen LogP contribution is 2.35. The minimum Gasteiger partial charge on any atom is -0.361 e. The number of amides is 1. The highest BCUT2D eigenvalue weighted by Gasteiger charge is 2.33. The molecular weight excluding hydrogens is 292 g/mol. The average Bonchev–Trinajstić information content (AvgIpc) is 3.08. The van der Waals surface area contributed by atoms with E-state index in [4.69, 9.17) is 4.52 Å². The molecule has 1 fully saturated rings. The molecule has 2 aromatic rings. The Bertz CT molecular complexity index is 664. The van der Waals surface area contributed by atoms with Gasteiger partial charge in [-0.25, -0.2) is 0 Å². The van der Waals surface area contributed by atoms with Gasteiger partial charge in [-0.3, -0.25) is 14.7 Å². The van der Waals surface area contributed by atoms with Gasteiger partial charge < -0.3 is 9.84 Å². The summed E-state index contributed by atoms with van der Waals surface area (Å²) in [7, 11) is 2.12. The second kappa shape index (κ2) is 6.50. The maximum atomic E-state index is 12.4. The van der Waals surface area contributed by atoms with Crippen LogP contribution in [-0.4, -0.2) is 41.1 Å². The highest BCUT2D eigenvalue weighted by molar-refractivity contribution is 5.96. The zero-order valence-corrected chi connectivity index (χ0v) is 13.7. The van der Waals surface area contributed by atoms with E-state index in [0.717, 1.165) is 13.0 Å². The van der Waals surface area contributed by atoms with Gasteiger partial charge in [-0.2, -0.15) is 0 Å². The number of aromatic nitrogens is 2. The van der Waals surface area contributed by atoms with Crippen molar-refractivity contribution in [3.63, 3.8) is 0 Å². The Kier molecular flexibility index (Phi) is 4.43. The third-order valence-electron chi connectivity index (χ3n) is 4.59. The molecular formula is C17H22N4O2. The number of carbonyl (C=O) groups is 1. The molecule has 122 valence electrons. The molecule has 0 radical (unpaired) electrons. The number of nitrogens with one attached hydrogen (secondary N) is 1. The standard InChI is InChI=1S/C17H22N4O2/c1-11-15(12(2)23-20-11)17(22)19-10-14-6-8-21(3)16(14)13-5-4-7-18-9-13/h4-5,7,9,14,16H,6,8,10H2,1-3H3,(H,19,22)/t14-,16-/m0/s1. The molecule has 0 saturated carbocycles. The summed E-state index contributed by atoms with van der Waals surface area (Å²) in [4.78, 5) is 18.9. The van der Waals surface area contributed by atoms with Crippen LogP contribution >= 0.6 is 0 Å². The first kappa shape index (κ1) is 15.7. The first-order chi connectivity index (χ1) is 11.1. The Morgan fingerprint density at radius 3 is 2.96 bits per heavy atom. The fourth-order valence-electron chi connectivity index (χ4n) is 3.44. The van der Waals surface area contributed by atoms with Crippen molar-refractivity contribution < 1.29 is 9.32 Å². The summed E-state index contributed by atoms with van der Waals surface area (Å²) in [6.07, 6.45) is 4.75. The first-order valence-electron chi connectivity index (χ1n) is 7.89. The van der Waals surface area contributed by atoms with Gasteiger partial charge in [0.25, 0.3) is 5.91 Å². The van der Waals surface area contributed by atoms with Gasteiger partial charge in [0, 0.05) is 25.0 Å². The minimum absolute atomic E-state index is 0.110. The third-order valence-corrected chi connectivity index (χ3v) is 4.59. The summed E-state index contributed by atoms with van der Waals surface area (Å²) < 4.78 is 5.07. The number of hydrogen-bond donors (Lipinski definition) is 1. The van der Waals surface area contributed by atoms with E-state index >= 15 is 0 Å². The normalized spacial score (nSPS) is 21.5. The first-order valence-corrected chi connectivity index (χ1v) is 7.89. The highest BCUT2D eigenvalue weighted by atomic mass is 16.5. The van der Waals surface area contributed by atoms with Crippen LogP contribution in [0.3, 0.4) is 0 Å². The lowest BCUT2D eigenvalue weighted by Gasteiger charge is -2.25. The van der Waals surface area contributed by atoms with Gasteiger partial charge >= 0.3 is 0 Å². The van der Waals surface area contributed by atoms with Crippen LogP contribution in [0.4, 0.5) is 0 Å². The van der Waals surface area contributed by atoms with Gasteiger partial charge in [0.15, 0.2) is 0 Å². The van der Waals surface area contributed by atoms with Crippen molar-refractivity contribution in [2.75, 3.05) is 20.1 Å². The van der Waals surface area contributed by atoms with Crippen LogP contribution in [0.15, 0.2) is 29.0 Å². The molecule has 1 aliphatic rings. The van der Waals surface area contributed by atoms with Crippen molar-refractivity contribution in [3.8, 4) is 0 Å². The van der Waals surface area contributed by atoms with Crippen molar-refractivity contribution in [2.45, 2.75) is 26.3 Å². The predicted octanol–water partition coefficient (Wildman–Crippen LogP) is 2.11. The number of pyridine rings is 1. The summed E-state index contributed by atoms with van der Waals surface area (Å²) in [5.41, 5.74) is 2.38. The van der Waals surface area contributed by atoms with E-state index < -0.39 is 0 Å². The van der Waals surface area contributed by atoms with Crippen LogP contribution in [0.2, 0.25) is 0 Å². The molecule has 1 amide bonds. The molecule has 0 aromatic carbocycles. The molecule has 1 saturated heterocycles. The zero-order valence-electron chi connectivity index (χ0n) is 13.7. The van der Waals surface area contributed by atoms with Gasteiger partial charge in [-0.15, -0.1) is 0 Å². The van der Waals surface area contributed by atoms with E-state index in [1.54, 1.807) is 20.0 Å². The van der Waals surface area contributed by atoms with Crippen molar-refractivity contribution in [1.82, 2.24) is 20.4 Å². The molecule has 2 atom stereocenters. The maximum absolute atomic E-state index is 12.4. The van der Waals surface area contributed by atoms with Crippen LogP contribution in [0.25, 0.3) is 0 Å². The summed E-state index contributed by atoms with van der Waals surface area (Å²) in [6, 6.07) is 4.34. The summed E-state index contributed by atoms with van der Waals surface area (Å²) in [5.74, 6) is 0.821. The topological polar surface area (TPSA) is 71.3 Å². The van der Waals surface area contributed by atoms with Crippen LogP contribution in [0.5, 0.6) is 0 Å². The zero-order chi connectivity index (χ0) is 16.4. The Morgan fingerprint density at radius 2 is 2.30 bits per heavy atom. The summed E-state index contributed by atoms with van der Waals surface area (Å²) in [6.45, 7) is 5.20. The van der Waals surface area contributed by atoms with Crippen LogP contribution in [0.1, 0.15) is 39.8 Å². The van der Waals surface area contributed by atoms with Crippen LogP contribution in [-0.2, 0) is 0 Å². The number of likely N-dealkylation sites (tertiary alicyclic amines) is 1. The summed E-state index contributed by atoms with van der Waals surface area (Å²) in [5, 5.41) is 6.88. The molecule has 1 N–H and O–H groups in total. The lowest BCUT2D eigenvalue weighted by molar-refractivity contribution is 0.0941. The molecule has 3 heterocycles. The molecule has 1 aliphatic heterocycles. The van der Waals surface area contributed by atoms with Crippen LogP contribution < -0.4 is 5.32 Å². The predicted molar refractivity (Wildman–Crippen MR) is 86.0 cm³/mol. The smallest absolute Gasteiger partial charge is 0.256 e. The molecule has 0 unspecified atom stereocenters. The van der Waals surface area contributed by atoms with Gasteiger partial charge in [0.1, 0.15) is 11.3 Å². The summed E-state index contributed by atoms with van der Waals surface area (Å²) >= 11 is 0. The lowest BCUT2D eigenvalue weighted by Crippen LogP contribution is -2.32. The molecule has 23 heavy (non-hydrogen) atoms. The van der Waals surface area contributed by atoms with Crippen LogP contribution in [0, 0.1) is 19.8 Å². The lowest BCUT2D eigenvalue weighted by atomic mass is 9.94. The van der Waals surface area contributed by atoms with Crippen molar-refractivity contribution >= 4 is 5.91 Å². The number of hydrogen-bond acceptors (Lipinski definition) is 5. The SMILES string of the molecule is Cc1noc(C)c1C(=O)NC[C@@H]1CCN(C)[C@H]1c1cccnc1. The molecule has 3 rings (SSSR count). The molecule has 0 spiro atoms. The van der Waals surface area contributed by atoms with Gasteiger partial charge in [0.05, 0.1) is 5.69 Å². The van der Waals surface area contributed by atoms with Crippen molar-refractivity contribution in [1.29, 1.82) is 0 Å². The van der Waals surface area contributed by atoms with Crippen molar-refractivity contribution in [3.05, 3.63) is 47.1 Å². The number of rotatable bonds is 4. The van der Waals surface area contributed by atoms with E-state index in [1.807, 2.05) is 12.3 Å². The van der Waals surface area contributed by atoms with E-state index in [0.29, 0.717) is 29.5 Å². The second-order valence-corrected chi connectivity index (χ2v) is 6.17. The molecule has 6 heteroatoms. The van der Waals surface area contributed by atoms with E-state index in [9.17, 15) is 4.79 Å². The number of carbonyl (C=O) groups excluding carboxylic acids is 1. The van der Waals surface area contributed by atoms with Crippen molar-refractivity contribution in [2.24, 2.45) is 5.92 Å². The second-order valence-electron chi connectivity index (χ2n) is 6.17. The maximum Gasteiger partial charge on any atom is 0.256 e. The molecule has 6 nitrogen and oxygen atoms in total. The Labute approximate surface area is 135 Å². The third kappa shape index (κ3) is 3.12. The van der Waals surface area contributed by atoms with E-state index in [2.05, 4.69) is 33.5 Å². The van der Waals surface area contributed by atoms with Gasteiger partial charge in [-0.05, 0) is 51.4 Å². The van der Waals surface area contributed by atoms with Gasteiger partial charge in [0.2, 0.25) is 0 Å². The monoisotopic (exact) mass is 314 g/mol.